The van der Waals surface area contributed by atoms with Gasteiger partial charge in [0.05, 0.1) is 0 Å². The minimum atomic E-state index is 0.653. The van der Waals surface area contributed by atoms with Crippen LogP contribution in [-0.4, -0.2) is 23.3 Å². The molecule has 1 aromatic rings. The van der Waals surface area contributed by atoms with Crippen LogP contribution in [0.3, 0.4) is 0 Å². The molecule has 2 rings (SSSR count). The van der Waals surface area contributed by atoms with Crippen molar-refractivity contribution in [1.29, 1.82) is 0 Å². The van der Waals surface area contributed by atoms with E-state index in [1.165, 1.54) is 17.8 Å². The van der Waals surface area contributed by atoms with Gasteiger partial charge in [0.1, 0.15) is 0 Å². The first-order chi connectivity index (χ1) is 6.34. The maximum atomic E-state index is 5.74. The molecule has 1 atom stereocenters. The van der Waals surface area contributed by atoms with Gasteiger partial charge in [-0.2, -0.15) is 11.8 Å². The van der Waals surface area contributed by atoms with Crippen molar-refractivity contribution >= 4 is 34.7 Å². The van der Waals surface area contributed by atoms with E-state index in [0.29, 0.717) is 4.47 Å². The predicted octanol–water partition coefficient (Wildman–Crippen LogP) is 2.39. The molecule has 5 heteroatoms. The second kappa shape index (κ2) is 4.64. The van der Waals surface area contributed by atoms with Gasteiger partial charge < -0.3 is 5.32 Å². The van der Waals surface area contributed by atoms with Gasteiger partial charge in [-0.15, -0.1) is 11.3 Å². The monoisotopic (exact) mass is 234 g/mol. The van der Waals surface area contributed by atoms with E-state index in [0.717, 1.165) is 17.5 Å². The van der Waals surface area contributed by atoms with Crippen LogP contribution in [0.15, 0.2) is 6.20 Å². The maximum Gasteiger partial charge on any atom is 0.183 e. The topological polar surface area (TPSA) is 24.9 Å². The van der Waals surface area contributed by atoms with Gasteiger partial charge in [0.2, 0.25) is 0 Å². The number of nitrogens with one attached hydrogen (secondary N) is 1. The lowest BCUT2D eigenvalue weighted by Gasteiger charge is -2.05. The van der Waals surface area contributed by atoms with E-state index >= 15 is 0 Å². The SMILES string of the molecule is Clc1ncc(CSC2CCNC2)s1. The average Bonchev–Trinajstić information content (AvgIpc) is 2.71. The third kappa shape index (κ3) is 2.84. The van der Waals surface area contributed by atoms with Crippen LogP contribution in [0.5, 0.6) is 0 Å². The first-order valence-electron chi connectivity index (χ1n) is 4.27. The van der Waals surface area contributed by atoms with Crippen LogP contribution < -0.4 is 5.32 Å². The van der Waals surface area contributed by atoms with Gasteiger partial charge in [-0.25, -0.2) is 4.98 Å². The summed E-state index contributed by atoms with van der Waals surface area (Å²) in [6, 6.07) is 0. The molecule has 0 aliphatic carbocycles. The van der Waals surface area contributed by atoms with Gasteiger partial charge in [-0.3, -0.25) is 0 Å². The highest BCUT2D eigenvalue weighted by Crippen LogP contribution is 2.26. The molecule has 0 radical (unpaired) electrons. The summed E-state index contributed by atoms with van der Waals surface area (Å²) in [6.07, 6.45) is 3.17. The Labute approximate surface area is 91.1 Å². The van der Waals surface area contributed by atoms with Crippen LogP contribution in [0.4, 0.5) is 0 Å². The molecule has 1 fully saturated rings. The molecule has 13 heavy (non-hydrogen) atoms. The number of thiazole rings is 1. The normalized spacial score (nSPS) is 22.4. The van der Waals surface area contributed by atoms with Crippen molar-refractivity contribution in [2.75, 3.05) is 13.1 Å². The zero-order chi connectivity index (χ0) is 9.10. The van der Waals surface area contributed by atoms with Crippen molar-refractivity contribution in [3.8, 4) is 0 Å². The van der Waals surface area contributed by atoms with Crippen molar-refractivity contribution in [2.45, 2.75) is 17.4 Å². The van der Waals surface area contributed by atoms with E-state index in [4.69, 9.17) is 11.6 Å². The minimum Gasteiger partial charge on any atom is -0.316 e. The zero-order valence-corrected chi connectivity index (χ0v) is 9.51. The van der Waals surface area contributed by atoms with E-state index in [2.05, 4.69) is 10.3 Å². The molecule has 0 saturated carbocycles. The van der Waals surface area contributed by atoms with Crippen molar-refractivity contribution in [2.24, 2.45) is 0 Å². The maximum absolute atomic E-state index is 5.74. The molecule has 1 N–H and O–H groups in total. The lowest BCUT2D eigenvalue weighted by molar-refractivity contribution is 0.858. The van der Waals surface area contributed by atoms with Gasteiger partial charge >= 0.3 is 0 Å². The van der Waals surface area contributed by atoms with Gasteiger partial charge in [0.15, 0.2) is 4.47 Å². The molecule has 1 unspecified atom stereocenters. The molecule has 2 heterocycles. The van der Waals surface area contributed by atoms with Crippen molar-refractivity contribution in [3.63, 3.8) is 0 Å². The standard InChI is InChI=1S/C8H11ClN2S2/c9-8-11-4-7(13-8)5-12-6-1-2-10-3-6/h4,6,10H,1-3,5H2. The summed E-state index contributed by atoms with van der Waals surface area (Å²) in [5.41, 5.74) is 0. The fraction of sp³-hybridized carbons (Fsp3) is 0.625. The molecule has 0 bridgehead atoms. The molecule has 0 aromatic carbocycles. The Morgan fingerprint density at radius 3 is 3.31 bits per heavy atom. The van der Waals surface area contributed by atoms with Crippen LogP contribution in [0.25, 0.3) is 0 Å². The summed E-state index contributed by atoms with van der Waals surface area (Å²) in [5.74, 6) is 1.05. The van der Waals surface area contributed by atoms with Gasteiger partial charge in [0.25, 0.3) is 0 Å². The fourth-order valence-electron chi connectivity index (χ4n) is 1.32. The summed E-state index contributed by atoms with van der Waals surface area (Å²) in [6.45, 7) is 2.32. The summed E-state index contributed by atoms with van der Waals surface area (Å²) in [4.78, 5) is 5.30. The number of rotatable bonds is 3. The third-order valence-corrected chi connectivity index (χ3v) is 4.65. The Kier molecular flexibility index (Phi) is 3.49. The van der Waals surface area contributed by atoms with E-state index < -0.39 is 0 Å². The second-order valence-corrected chi connectivity index (χ2v) is 5.99. The summed E-state index contributed by atoms with van der Waals surface area (Å²) < 4.78 is 0.653. The fourth-order valence-corrected chi connectivity index (χ4v) is 3.53. The smallest absolute Gasteiger partial charge is 0.183 e. The van der Waals surface area contributed by atoms with Crippen LogP contribution >= 0.6 is 34.7 Å². The molecule has 1 aliphatic heterocycles. The largest absolute Gasteiger partial charge is 0.316 e. The molecular weight excluding hydrogens is 224 g/mol. The van der Waals surface area contributed by atoms with Crippen LogP contribution in [0.2, 0.25) is 4.47 Å². The molecule has 0 amide bonds. The third-order valence-electron chi connectivity index (χ3n) is 2.00. The van der Waals surface area contributed by atoms with Crippen molar-refractivity contribution in [1.82, 2.24) is 10.3 Å². The van der Waals surface area contributed by atoms with Gasteiger partial charge in [-0.05, 0) is 13.0 Å². The zero-order valence-electron chi connectivity index (χ0n) is 7.12. The highest BCUT2D eigenvalue weighted by atomic mass is 35.5. The Morgan fingerprint density at radius 2 is 2.69 bits per heavy atom. The van der Waals surface area contributed by atoms with E-state index in [1.807, 2.05) is 18.0 Å². The van der Waals surface area contributed by atoms with Crippen LogP contribution in [-0.2, 0) is 5.75 Å². The van der Waals surface area contributed by atoms with E-state index in [1.54, 1.807) is 11.3 Å². The Bertz CT molecular complexity index is 271. The number of hydrogen-bond acceptors (Lipinski definition) is 4. The molecular formula is C8H11ClN2S2. The molecule has 72 valence electrons. The lowest BCUT2D eigenvalue weighted by Crippen LogP contribution is -2.10. The summed E-state index contributed by atoms with van der Waals surface area (Å²) in [5, 5.41) is 4.13. The second-order valence-electron chi connectivity index (χ2n) is 3.01. The number of thioether (sulfide) groups is 1. The van der Waals surface area contributed by atoms with Crippen molar-refractivity contribution in [3.05, 3.63) is 15.5 Å². The Hall–Kier alpha value is 0.230. The predicted molar refractivity (Wildman–Crippen MR) is 59.7 cm³/mol. The average molecular weight is 235 g/mol. The van der Waals surface area contributed by atoms with E-state index in [-0.39, 0.29) is 0 Å². The first-order valence-corrected chi connectivity index (χ1v) is 6.51. The van der Waals surface area contributed by atoms with Crippen LogP contribution in [0, 0.1) is 0 Å². The Morgan fingerprint density at radius 1 is 1.77 bits per heavy atom. The van der Waals surface area contributed by atoms with Crippen molar-refractivity contribution < 1.29 is 0 Å². The molecule has 2 nitrogen and oxygen atoms in total. The summed E-state index contributed by atoms with van der Waals surface area (Å²) >= 11 is 9.33. The highest BCUT2D eigenvalue weighted by Gasteiger charge is 2.14. The van der Waals surface area contributed by atoms with Gasteiger partial charge in [-0.1, -0.05) is 11.6 Å². The number of aromatic nitrogens is 1. The minimum absolute atomic E-state index is 0.653. The molecule has 0 spiro atoms. The molecule has 1 aliphatic rings. The summed E-state index contributed by atoms with van der Waals surface area (Å²) in [7, 11) is 0. The molecule has 1 saturated heterocycles. The first kappa shape index (κ1) is 9.77. The number of hydrogen-bond donors (Lipinski definition) is 1. The number of halogens is 1. The van der Waals surface area contributed by atoms with E-state index in [9.17, 15) is 0 Å². The lowest BCUT2D eigenvalue weighted by atomic mass is 10.4. The molecule has 1 aromatic heterocycles. The highest BCUT2D eigenvalue weighted by molar-refractivity contribution is 7.99. The van der Waals surface area contributed by atoms with Gasteiger partial charge in [0, 0.05) is 28.6 Å². The Balaban J connectivity index is 1.78. The number of nitrogens with zero attached hydrogens (tertiary/aromatic N) is 1. The quantitative estimate of drug-likeness (QED) is 0.870. The van der Waals surface area contributed by atoms with Crippen LogP contribution in [0.1, 0.15) is 11.3 Å².